The number of hydrogen-bond acceptors (Lipinski definition) is 4. The molecule has 1 N–H and O–H groups in total. The van der Waals surface area contributed by atoms with E-state index in [9.17, 15) is 10.1 Å². The van der Waals surface area contributed by atoms with Gasteiger partial charge in [-0.3, -0.25) is 4.79 Å². The molecule has 1 atom stereocenters. The second-order valence-electron chi connectivity index (χ2n) is 6.50. The van der Waals surface area contributed by atoms with Gasteiger partial charge in [-0.1, -0.05) is 31.4 Å². The van der Waals surface area contributed by atoms with E-state index in [1.54, 1.807) is 12.1 Å². The van der Waals surface area contributed by atoms with Gasteiger partial charge in [0.25, 0.3) is 5.91 Å². The molecule has 0 unspecified atom stereocenters. The van der Waals surface area contributed by atoms with Crippen LogP contribution in [0.25, 0.3) is 6.08 Å². The zero-order valence-corrected chi connectivity index (χ0v) is 16.2. The van der Waals surface area contributed by atoms with Crippen LogP contribution in [-0.2, 0) is 4.79 Å². The van der Waals surface area contributed by atoms with E-state index in [-0.39, 0.29) is 23.6 Å². The van der Waals surface area contributed by atoms with Crippen LogP contribution in [0.4, 0.5) is 0 Å². The molecule has 0 aromatic heterocycles. The molecule has 0 heterocycles. The number of ether oxygens (including phenoxy) is 2. The molecular formula is C20H25ClN2O3. The Balaban J connectivity index is 2.25. The number of amides is 1. The molecule has 1 aliphatic rings. The standard InChI is InChI=1S/C20H25ClN2O3/c1-4-13(2)26-19-17(21)10-14(11-18(19)25-3)9-15(12-22)20(24)23-16-7-5-6-8-16/h9-11,13,16H,4-8H2,1-3H3,(H,23,24)/b15-9-/t13-/m1/s1. The summed E-state index contributed by atoms with van der Waals surface area (Å²) in [5.41, 5.74) is 0.659. The fraction of sp³-hybridized carbons (Fsp3) is 0.500. The Morgan fingerprint density at radius 3 is 2.73 bits per heavy atom. The maximum atomic E-state index is 12.3. The van der Waals surface area contributed by atoms with Crippen LogP contribution in [0.15, 0.2) is 17.7 Å². The average Bonchev–Trinajstić information content (AvgIpc) is 3.14. The van der Waals surface area contributed by atoms with Gasteiger partial charge in [0, 0.05) is 6.04 Å². The molecule has 1 aliphatic carbocycles. The molecule has 0 bridgehead atoms. The van der Waals surface area contributed by atoms with Crippen LogP contribution >= 0.6 is 11.6 Å². The van der Waals surface area contributed by atoms with Crippen LogP contribution in [0, 0.1) is 11.3 Å². The molecule has 1 fully saturated rings. The summed E-state index contributed by atoms with van der Waals surface area (Å²) >= 11 is 6.34. The largest absolute Gasteiger partial charge is 0.493 e. The van der Waals surface area contributed by atoms with Crippen molar-refractivity contribution in [2.24, 2.45) is 0 Å². The summed E-state index contributed by atoms with van der Waals surface area (Å²) in [6.45, 7) is 3.97. The van der Waals surface area contributed by atoms with Crippen molar-refractivity contribution in [2.45, 2.75) is 58.1 Å². The SMILES string of the molecule is CC[C@@H](C)Oc1c(Cl)cc(/C=C(/C#N)C(=O)NC2CCCC2)cc1OC. The van der Waals surface area contributed by atoms with E-state index in [4.69, 9.17) is 21.1 Å². The highest BCUT2D eigenvalue weighted by Gasteiger charge is 2.20. The van der Waals surface area contributed by atoms with Crippen LogP contribution in [0.1, 0.15) is 51.5 Å². The molecule has 26 heavy (non-hydrogen) atoms. The average molecular weight is 377 g/mol. The number of benzene rings is 1. The van der Waals surface area contributed by atoms with Crippen LogP contribution < -0.4 is 14.8 Å². The summed E-state index contributed by atoms with van der Waals surface area (Å²) in [4.78, 5) is 12.3. The van der Waals surface area contributed by atoms with Crippen LogP contribution in [0.2, 0.25) is 5.02 Å². The summed E-state index contributed by atoms with van der Waals surface area (Å²) < 4.78 is 11.2. The second kappa shape index (κ2) is 9.49. The summed E-state index contributed by atoms with van der Waals surface area (Å²) in [5.74, 6) is 0.585. The third-order valence-electron chi connectivity index (χ3n) is 4.51. The van der Waals surface area contributed by atoms with Gasteiger partial charge in [0.15, 0.2) is 11.5 Å². The van der Waals surface area contributed by atoms with Gasteiger partial charge in [0.1, 0.15) is 11.6 Å². The quantitative estimate of drug-likeness (QED) is 0.562. The number of nitrogens with one attached hydrogen (secondary N) is 1. The van der Waals surface area contributed by atoms with Crippen LogP contribution in [-0.4, -0.2) is 25.2 Å². The molecule has 6 heteroatoms. The van der Waals surface area contributed by atoms with Crippen molar-refractivity contribution >= 4 is 23.6 Å². The molecule has 5 nitrogen and oxygen atoms in total. The maximum Gasteiger partial charge on any atom is 0.262 e. The molecule has 0 saturated heterocycles. The van der Waals surface area contributed by atoms with E-state index < -0.39 is 0 Å². The Hall–Kier alpha value is -2.19. The van der Waals surface area contributed by atoms with E-state index in [1.807, 2.05) is 19.9 Å². The monoisotopic (exact) mass is 376 g/mol. The minimum atomic E-state index is -0.352. The zero-order chi connectivity index (χ0) is 19.1. The highest BCUT2D eigenvalue weighted by atomic mass is 35.5. The predicted molar refractivity (Wildman–Crippen MR) is 102 cm³/mol. The maximum absolute atomic E-state index is 12.3. The van der Waals surface area contributed by atoms with Crippen molar-refractivity contribution in [3.8, 4) is 17.6 Å². The van der Waals surface area contributed by atoms with E-state index in [0.29, 0.717) is 22.1 Å². The third-order valence-corrected chi connectivity index (χ3v) is 4.79. The van der Waals surface area contributed by atoms with Crippen molar-refractivity contribution in [3.05, 3.63) is 28.3 Å². The number of hydrogen-bond donors (Lipinski definition) is 1. The number of rotatable bonds is 7. The number of halogens is 1. The second-order valence-corrected chi connectivity index (χ2v) is 6.90. The molecule has 1 saturated carbocycles. The molecule has 1 aromatic rings. The smallest absolute Gasteiger partial charge is 0.262 e. The minimum absolute atomic E-state index is 0.00495. The Kier molecular flexibility index (Phi) is 7.35. The zero-order valence-electron chi connectivity index (χ0n) is 15.5. The van der Waals surface area contributed by atoms with E-state index in [0.717, 1.165) is 32.1 Å². The highest BCUT2D eigenvalue weighted by molar-refractivity contribution is 6.32. The first-order chi connectivity index (χ1) is 12.5. The number of carbonyl (C=O) groups is 1. The Bertz CT molecular complexity index is 719. The molecule has 1 aromatic carbocycles. The van der Waals surface area contributed by atoms with Gasteiger partial charge in [-0.25, -0.2) is 0 Å². The van der Waals surface area contributed by atoms with Crippen molar-refractivity contribution in [1.29, 1.82) is 5.26 Å². The van der Waals surface area contributed by atoms with Gasteiger partial charge in [-0.15, -0.1) is 0 Å². The summed E-state index contributed by atoms with van der Waals surface area (Å²) in [7, 11) is 1.53. The molecular weight excluding hydrogens is 352 g/mol. The summed E-state index contributed by atoms with van der Waals surface area (Å²) in [6, 6.07) is 5.51. The lowest BCUT2D eigenvalue weighted by Gasteiger charge is -2.17. The summed E-state index contributed by atoms with van der Waals surface area (Å²) in [5, 5.41) is 12.7. The van der Waals surface area contributed by atoms with Crippen LogP contribution in [0.5, 0.6) is 11.5 Å². The van der Waals surface area contributed by atoms with Crippen LogP contribution in [0.3, 0.4) is 0 Å². The predicted octanol–water partition coefficient (Wildman–Crippen LogP) is 4.49. The first kappa shape index (κ1) is 20.1. The molecule has 0 aliphatic heterocycles. The Morgan fingerprint density at radius 1 is 1.46 bits per heavy atom. The lowest BCUT2D eigenvalue weighted by atomic mass is 10.1. The van der Waals surface area contributed by atoms with Gasteiger partial charge in [0.05, 0.1) is 18.2 Å². The number of carbonyl (C=O) groups excluding carboxylic acids is 1. The highest BCUT2D eigenvalue weighted by Crippen LogP contribution is 2.38. The van der Waals surface area contributed by atoms with Crippen molar-refractivity contribution < 1.29 is 14.3 Å². The Labute approximate surface area is 159 Å². The van der Waals surface area contributed by atoms with Crippen molar-refractivity contribution in [2.75, 3.05) is 7.11 Å². The fourth-order valence-corrected chi connectivity index (χ4v) is 3.13. The minimum Gasteiger partial charge on any atom is -0.493 e. The normalized spacial score (nSPS) is 16.0. The lowest BCUT2D eigenvalue weighted by Crippen LogP contribution is -2.33. The third kappa shape index (κ3) is 5.15. The fourth-order valence-electron chi connectivity index (χ4n) is 2.87. The molecule has 0 radical (unpaired) electrons. The first-order valence-electron chi connectivity index (χ1n) is 8.95. The van der Waals surface area contributed by atoms with Crippen molar-refractivity contribution in [1.82, 2.24) is 5.32 Å². The number of methoxy groups -OCH3 is 1. The number of nitriles is 1. The Morgan fingerprint density at radius 2 is 2.15 bits per heavy atom. The van der Waals surface area contributed by atoms with Gasteiger partial charge >= 0.3 is 0 Å². The molecule has 0 spiro atoms. The number of nitrogens with zero attached hydrogens (tertiary/aromatic N) is 1. The first-order valence-corrected chi connectivity index (χ1v) is 9.33. The molecule has 2 rings (SSSR count). The summed E-state index contributed by atoms with van der Waals surface area (Å²) in [6.07, 6.45) is 6.50. The topological polar surface area (TPSA) is 71.3 Å². The van der Waals surface area contributed by atoms with Gasteiger partial charge in [0.2, 0.25) is 0 Å². The lowest BCUT2D eigenvalue weighted by molar-refractivity contribution is -0.117. The van der Waals surface area contributed by atoms with Gasteiger partial charge in [-0.05, 0) is 50.0 Å². The molecule has 140 valence electrons. The van der Waals surface area contributed by atoms with Gasteiger partial charge in [-0.2, -0.15) is 5.26 Å². The van der Waals surface area contributed by atoms with Crippen molar-refractivity contribution in [3.63, 3.8) is 0 Å². The van der Waals surface area contributed by atoms with E-state index >= 15 is 0 Å². The molecule has 1 amide bonds. The van der Waals surface area contributed by atoms with Gasteiger partial charge < -0.3 is 14.8 Å². The van der Waals surface area contributed by atoms with E-state index in [1.165, 1.54) is 13.2 Å². The van der Waals surface area contributed by atoms with E-state index in [2.05, 4.69) is 5.32 Å².